The second kappa shape index (κ2) is 6.35. The molecule has 0 saturated heterocycles. The van der Waals surface area contributed by atoms with E-state index in [1.807, 2.05) is 13.8 Å². The molecule has 1 aromatic carbocycles. The summed E-state index contributed by atoms with van der Waals surface area (Å²) in [6, 6.07) is 6.59. The van der Waals surface area contributed by atoms with Gasteiger partial charge in [-0.2, -0.15) is 0 Å². The average molecular weight is 329 g/mol. The molecule has 0 unspecified atom stereocenters. The number of aromatic nitrogens is 2. The fourth-order valence-electron chi connectivity index (χ4n) is 2.83. The van der Waals surface area contributed by atoms with Gasteiger partial charge in [0.05, 0.1) is 12.2 Å². The number of carboxylic acid groups (broad SMARTS) is 1. The van der Waals surface area contributed by atoms with Crippen LogP contribution in [0.15, 0.2) is 24.3 Å². The number of imidazole rings is 1. The molecule has 0 aliphatic carbocycles. The Hall–Kier alpha value is -2.83. The maximum absolute atomic E-state index is 12.7. The summed E-state index contributed by atoms with van der Waals surface area (Å²) < 4.78 is 7.28. The Labute approximate surface area is 139 Å². The summed E-state index contributed by atoms with van der Waals surface area (Å²) in [6.07, 6.45) is 0. The lowest BCUT2D eigenvalue weighted by atomic mass is 10.1. The number of rotatable bonds is 4. The van der Waals surface area contributed by atoms with Crippen LogP contribution in [0.3, 0.4) is 0 Å². The van der Waals surface area contributed by atoms with Crippen molar-refractivity contribution in [2.45, 2.75) is 26.9 Å². The Kier molecular flexibility index (Phi) is 4.24. The number of carboxylic acids is 1. The second-order valence-electron chi connectivity index (χ2n) is 5.79. The molecule has 1 N–H and O–H groups in total. The number of hydrogen-bond acceptors (Lipinski definition) is 4. The van der Waals surface area contributed by atoms with E-state index in [9.17, 15) is 9.59 Å². The zero-order chi connectivity index (χ0) is 17.3. The van der Waals surface area contributed by atoms with Gasteiger partial charge < -0.3 is 19.3 Å². The van der Waals surface area contributed by atoms with Gasteiger partial charge in [-0.3, -0.25) is 4.79 Å². The third-order valence-electron chi connectivity index (χ3n) is 4.19. The van der Waals surface area contributed by atoms with Crippen molar-refractivity contribution < 1.29 is 19.4 Å². The van der Waals surface area contributed by atoms with Crippen LogP contribution in [-0.2, 0) is 17.9 Å². The first-order valence-electron chi connectivity index (χ1n) is 7.72. The van der Waals surface area contributed by atoms with Crippen LogP contribution in [0.2, 0.25) is 0 Å². The number of hydrogen-bond donors (Lipinski definition) is 1. The fraction of sp³-hybridized carbons (Fsp3) is 0.353. The molecule has 1 amide bonds. The molecular formula is C17H19N3O4. The third kappa shape index (κ3) is 3.10. The highest BCUT2D eigenvalue weighted by Crippen LogP contribution is 2.20. The summed E-state index contributed by atoms with van der Waals surface area (Å²) in [4.78, 5) is 29.6. The molecule has 7 nitrogen and oxygen atoms in total. The standard InChI is InChI=1S/C17H19N3O4/c1-11-12(2)20-7-6-19(9-15(20)18-11)17(23)13-4-3-5-14(8-13)24-10-16(21)22/h3-5,8H,6-7,9-10H2,1-2H3,(H,21,22). The van der Waals surface area contributed by atoms with Crippen molar-refractivity contribution in [1.82, 2.24) is 14.5 Å². The minimum Gasteiger partial charge on any atom is -0.482 e. The van der Waals surface area contributed by atoms with Gasteiger partial charge in [0.2, 0.25) is 0 Å². The lowest BCUT2D eigenvalue weighted by molar-refractivity contribution is -0.139. The van der Waals surface area contributed by atoms with E-state index < -0.39 is 12.6 Å². The molecule has 0 bridgehead atoms. The number of nitrogens with zero attached hydrogens (tertiary/aromatic N) is 3. The largest absolute Gasteiger partial charge is 0.482 e. The highest BCUT2D eigenvalue weighted by molar-refractivity contribution is 5.94. The van der Waals surface area contributed by atoms with Crippen molar-refractivity contribution in [3.05, 3.63) is 47.0 Å². The summed E-state index contributed by atoms with van der Waals surface area (Å²) in [7, 11) is 0. The fourth-order valence-corrected chi connectivity index (χ4v) is 2.83. The first kappa shape index (κ1) is 16.0. The van der Waals surface area contributed by atoms with Gasteiger partial charge in [0.25, 0.3) is 5.91 Å². The number of benzene rings is 1. The van der Waals surface area contributed by atoms with Crippen LogP contribution in [0.25, 0.3) is 0 Å². The highest BCUT2D eigenvalue weighted by atomic mass is 16.5. The quantitative estimate of drug-likeness (QED) is 0.921. The topological polar surface area (TPSA) is 84.7 Å². The molecule has 0 radical (unpaired) electrons. The van der Waals surface area contributed by atoms with Gasteiger partial charge in [0.1, 0.15) is 11.6 Å². The number of amides is 1. The summed E-state index contributed by atoms with van der Waals surface area (Å²) in [5, 5.41) is 8.67. The predicted octanol–water partition coefficient (Wildman–Crippen LogP) is 1.62. The predicted molar refractivity (Wildman–Crippen MR) is 86.0 cm³/mol. The molecule has 1 aliphatic rings. The second-order valence-corrected chi connectivity index (χ2v) is 5.79. The van der Waals surface area contributed by atoms with Crippen LogP contribution in [-0.4, -0.2) is 44.6 Å². The number of carbonyl (C=O) groups is 2. The van der Waals surface area contributed by atoms with Crippen LogP contribution < -0.4 is 4.74 Å². The van der Waals surface area contributed by atoms with Crippen LogP contribution in [0.4, 0.5) is 0 Å². The van der Waals surface area contributed by atoms with Gasteiger partial charge in [-0.25, -0.2) is 9.78 Å². The molecule has 2 heterocycles. The van der Waals surface area contributed by atoms with Gasteiger partial charge in [-0.15, -0.1) is 0 Å². The minimum absolute atomic E-state index is 0.111. The van der Waals surface area contributed by atoms with Crippen molar-refractivity contribution in [1.29, 1.82) is 0 Å². The van der Waals surface area contributed by atoms with E-state index in [2.05, 4.69) is 9.55 Å². The summed E-state index contributed by atoms with van der Waals surface area (Å²) in [5.74, 6) is 0.0944. The summed E-state index contributed by atoms with van der Waals surface area (Å²) in [5.41, 5.74) is 2.61. The molecule has 0 fully saturated rings. The highest BCUT2D eigenvalue weighted by Gasteiger charge is 2.24. The SMILES string of the molecule is Cc1nc2n(c1C)CCN(C(=O)c1cccc(OCC(=O)O)c1)C2. The average Bonchev–Trinajstić information content (AvgIpc) is 2.86. The molecule has 0 spiro atoms. The maximum atomic E-state index is 12.7. The number of aliphatic carboxylic acids is 1. The van der Waals surface area contributed by atoms with E-state index in [1.165, 1.54) is 0 Å². The van der Waals surface area contributed by atoms with Gasteiger partial charge in [-0.1, -0.05) is 6.07 Å². The number of ether oxygens (including phenoxy) is 1. The zero-order valence-corrected chi connectivity index (χ0v) is 13.7. The monoisotopic (exact) mass is 329 g/mol. The maximum Gasteiger partial charge on any atom is 0.341 e. The molecule has 7 heteroatoms. The van der Waals surface area contributed by atoms with Crippen molar-refractivity contribution in [3.63, 3.8) is 0 Å². The van der Waals surface area contributed by atoms with Crippen molar-refractivity contribution in [2.24, 2.45) is 0 Å². The smallest absolute Gasteiger partial charge is 0.341 e. The first-order chi connectivity index (χ1) is 11.5. The molecule has 0 atom stereocenters. The van der Waals surface area contributed by atoms with Crippen molar-refractivity contribution in [3.8, 4) is 5.75 Å². The lowest BCUT2D eigenvalue weighted by Gasteiger charge is -2.28. The van der Waals surface area contributed by atoms with Gasteiger partial charge in [-0.05, 0) is 32.0 Å². The molecule has 3 rings (SSSR count). The number of aryl methyl sites for hydroxylation is 1. The van der Waals surface area contributed by atoms with Gasteiger partial charge in [0.15, 0.2) is 6.61 Å². The van der Waals surface area contributed by atoms with E-state index in [1.54, 1.807) is 29.2 Å². The Bertz CT molecular complexity index is 797. The normalized spacial score (nSPS) is 13.5. The van der Waals surface area contributed by atoms with Crippen molar-refractivity contribution in [2.75, 3.05) is 13.2 Å². The van der Waals surface area contributed by atoms with Crippen LogP contribution in [0, 0.1) is 13.8 Å². The van der Waals surface area contributed by atoms with E-state index in [0.29, 0.717) is 24.4 Å². The summed E-state index contributed by atoms with van der Waals surface area (Å²) >= 11 is 0. The Balaban J connectivity index is 1.75. The van der Waals surface area contributed by atoms with E-state index in [-0.39, 0.29) is 5.91 Å². The third-order valence-corrected chi connectivity index (χ3v) is 4.19. The summed E-state index contributed by atoms with van der Waals surface area (Å²) in [6.45, 7) is 5.37. The Morgan fingerprint density at radius 2 is 2.08 bits per heavy atom. The van der Waals surface area contributed by atoms with Crippen LogP contribution >= 0.6 is 0 Å². The van der Waals surface area contributed by atoms with Gasteiger partial charge in [0, 0.05) is 24.3 Å². The molecule has 1 aliphatic heterocycles. The number of carbonyl (C=O) groups excluding carboxylic acids is 1. The van der Waals surface area contributed by atoms with E-state index in [4.69, 9.17) is 9.84 Å². The molecule has 2 aromatic rings. The van der Waals surface area contributed by atoms with Gasteiger partial charge >= 0.3 is 5.97 Å². The van der Waals surface area contributed by atoms with E-state index >= 15 is 0 Å². The Morgan fingerprint density at radius 3 is 2.83 bits per heavy atom. The molecular weight excluding hydrogens is 310 g/mol. The van der Waals surface area contributed by atoms with Crippen LogP contribution in [0.1, 0.15) is 27.6 Å². The lowest BCUT2D eigenvalue weighted by Crippen LogP contribution is -2.38. The molecule has 126 valence electrons. The Morgan fingerprint density at radius 1 is 1.29 bits per heavy atom. The molecule has 1 aromatic heterocycles. The number of fused-ring (bicyclic) bond motifs is 1. The molecule has 24 heavy (non-hydrogen) atoms. The minimum atomic E-state index is -1.06. The molecule has 0 saturated carbocycles. The van der Waals surface area contributed by atoms with Crippen LogP contribution in [0.5, 0.6) is 5.75 Å². The van der Waals surface area contributed by atoms with Crippen molar-refractivity contribution >= 4 is 11.9 Å². The first-order valence-corrected chi connectivity index (χ1v) is 7.72. The van der Waals surface area contributed by atoms with E-state index in [0.717, 1.165) is 23.8 Å². The zero-order valence-electron chi connectivity index (χ0n) is 13.7.